The highest BCUT2D eigenvalue weighted by Gasteiger charge is 2.03. The highest BCUT2D eigenvalue weighted by Crippen LogP contribution is 2.12. The minimum absolute atomic E-state index is 0.0185. The van der Waals surface area contributed by atoms with Gasteiger partial charge in [0.15, 0.2) is 16.8 Å². The van der Waals surface area contributed by atoms with Crippen molar-refractivity contribution in [3.63, 3.8) is 0 Å². The van der Waals surface area contributed by atoms with Crippen molar-refractivity contribution in [1.29, 1.82) is 0 Å². The zero-order valence-electron chi connectivity index (χ0n) is 6.08. The van der Waals surface area contributed by atoms with Crippen LogP contribution in [0.2, 0.25) is 0 Å². The van der Waals surface area contributed by atoms with E-state index in [9.17, 15) is 9.18 Å². The highest BCUT2D eigenvalue weighted by atomic mass is 19.1. The Morgan fingerprint density at radius 1 is 1.25 bits per heavy atom. The van der Waals surface area contributed by atoms with Crippen LogP contribution in [0, 0.1) is 5.82 Å². The van der Waals surface area contributed by atoms with Gasteiger partial charge in [-0.25, -0.2) is 4.39 Å². The first-order valence-electron chi connectivity index (χ1n) is 3.45. The predicted octanol–water partition coefficient (Wildman–Crippen LogP) is 1.93. The number of fused-ring (bicyclic) bond motifs is 1. The van der Waals surface area contributed by atoms with Crippen LogP contribution in [0.1, 0.15) is 0 Å². The summed E-state index contributed by atoms with van der Waals surface area (Å²) in [5.41, 5.74) is -0.208. The average molecular weight is 164 g/mol. The van der Waals surface area contributed by atoms with Crippen LogP contribution in [0.3, 0.4) is 0 Å². The molecule has 1 heterocycles. The van der Waals surface area contributed by atoms with E-state index in [2.05, 4.69) is 0 Å². The van der Waals surface area contributed by atoms with Crippen LogP contribution >= 0.6 is 0 Å². The second-order valence-corrected chi connectivity index (χ2v) is 2.40. The molecule has 0 N–H and O–H groups in total. The number of hydrogen-bond donors (Lipinski definition) is 0. The molecule has 0 aliphatic heterocycles. The van der Waals surface area contributed by atoms with E-state index in [1.165, 1.54) is 30.5 Å². The van der Waals surface area contributed by atoms with E-state index in [1.807, 2.05) is 0 Å². The van der Waals surface area contributed by atoms with Crippen molar-refractivity contribution in [2.75, 3.05) is 0 Å². The fourth-order valence-electron chi connectivity index (χ4n) is 1.08. The molecular formula is C9H5FO2. The van der Waals surface area contributed by atoms with Crippen molar-refractivity contribution in [3.05, 3.63) is 46.6 Å². The van der Waals surface area contributed by atoms with Gasteiger partial charge in [0.05, 0.1) is 11.6 Å². The molecule has 0 saturated heterocycles. The molecule has 3 heteroatoms. The monoisotopic (exact) mass is 164 g/mol. The minimum atomic E-state index is -0.509. The van der Waals surface area contributed by atoms with Crippen LogP contribution in [0.25, 0.3) is 11.0 Å². The van der Waals surface area contributed by atoms with Crippen LogP contribution in [-0.2, 0) is 0 Å². The van der Waals surface area contributed by atoms with Crippen LogP contribution in [0.5, 0.6) is 0 Å². The van der Waals surface area contributed by atoms with Crippen molar-refractivity contribution in [2.24, 2.45) is 0 Å². The Hall–Kier alpha value is -1.64. The van der Waals surface area contributed by atoms with E-state index < -0.39 is 5.82 Å². The van der Waals surface area contributed by atoms with E-state index in [0.29, 0.717) is 0 Å². The molecule has 2 aromatic rings. The summed E-state index contributed by atoms with van der Waals surface area (Å²) >= 11 is 0. The molecule has 12 heavy (non-hydrogen) atoms. The number of benzene rings is 1. The van der Waals surface area contributed by atoms with Gasteiger partial charge in [-0.15, -0.1) is 0 Å². The molecular weight excluding hydrogens is 159 g/mol. The fraction of sp³-hybridized carbons (Fsp3) is 0. The third-order valence-corrected chi connectivity index (χ3v) is 1.64. The van der Waals surface area contributed by atoms with Crippen molar-refractivity contribution in [2.45, 2.75) is 0 Å². The van der Waals surface area contributed by atoms with Gasteiger partial charge in [-0.1, -0.05) is 6.07 Å². The molecule has 0 bridgehead atoms. The number of rotatable bonds is 0. The Morgan fingerprint density at radius 2 is 2.08 bits per heavy atom. The summed E-state index contributed by atoms with van der Waals surface area (Å²) in [7, 11) is 0. The summed E-state index contributed by atoms with van der Waals surface area (Å²) in [6.45, 7) is 0. The fourth-order valence-corrected chi connectivity index (χ4v) is 1.08. The quantitative estimate of drug-likeness (QED) is 0.595. The first-order valence-corrected chi connectivity index (χ1v) is 3.45. The molecule has 1 aromatic heterocycles. The van der Waals surface area contributed by atoms with Crippen LogP contribution in [0.4, 0.5) is 4.39 Å². The molecule has 0 aliphatic carbocycles. The molecule has 0 spiro atoms. The molecule has 0 amide bonds. The first-order chi connectivity index (χ1) is 5.79. The largest absolute Gasteiger partial charge is 0.461 e. The second-order valence-electron chi connectivity index (χ2n) is 2.40. The standard InChI is InChI=1S/C9H5FO2/c10-7-3-1-2-6-8(11)4-5-12-9(6)7/h1-5H. The summed E-state index contributed by atoms with van der Waals surface area (Å²) in [5, 5.41) is 0.275. The Kier molecular flexibility index (Phi) is 1.43. The molecule has 2 rings (SSSR count). The molecule has 0 aliphatic rings. The van der Waals surface area contributed by atoms with Crippen molar-refractivity contribution in [1.82, 2.24) is 0 Å². The van der Waals surface area contributed by atoms with E-state index in [4.69, 9.17) is 4.42 Å². The van der Waals surface area contributed by atoms with E-state index in [-0.39, 0.29) is 16.4 Å². The lowest BCUT2D eigenvalue weighted by Gasteiger charge is -1.94. The number of hydrogen-bond acceptors (Lipinski definition) is 2. The molecule has 0 saturated carbocycles. The summed E-state index contributed by atoms with van der Waals surface area (Å²) in [4.78, 5) is 11.1. The maximum Gasteiger partial charge on any atom is 0.192 e. The van der Waals surface area contributed by atoms with Crippen LogP contribution < -0.4 is 5.43 Å². The van der Waals surface area contributed by atoms with Gasteiger partial charge >= 0.3 is 0 Å². The molecule has 0 radical (unpaired) electrons. The van der Waals surface area contributed by atoms with Gasteiger partial charge in [0.2, 0.25) is 0 Å². The molecule has 0 fully saturated rings. The molecule has 2 nitrogen and oxygen atoms in total. The zero-order valence-corrected chi connectivity index (χ0v) is 6.08. The van der Waals surface area contributed by atoms with Gasteiger partial charge in [0.1, 0.15) is 0 Å². The topological polar surface area (TPSA) is 30.2 Å². The lowest BCUT2D eigenvalue weighted by atomic mass is 10.2. The Balaban J connectivity index is 3.05. The Bertz CT molecular complexity index is 473. The van der Waals surface area contributed by atoms with Crippen molar-refractivity contribution < 1.29 is 8.81 Å². The van der Waals surface area contributed by atoms with Gasteiger partial charge < -0.3 is 4.42 Å². The zero-order chi connectivity index (χ0) is 8.55. The SMILES string of the molecule is O=c1ccoc2c(F)cccc12. The first kappa shape index (κ1) is 7.03. The highest BCUT2D eigenvalue weighted by molar-refractivity contribution is 5.76. The maximum atomic E-state index is 12.9. The molecule has 0 unspecified atom stereocenters. The van der Waals surface area contributed by atoms with E-state index >= 15 is 0 Å². The van der Waals surface area contributed by atoms with Crippen LogP contribution in [-0.4, -0.2) is 0 Å². The molecule has 60 valence electrons. The lowest BCUT2D eigenvalue weighted by Crippen LogP contribution is -1.98. The Morgan fingerprint density at radius 3 is 2.83 bits per heavy atom. The molecule has 0 atom stereocenters. The number of halogens is 1. The van der Waals surface area contributed by atoms with Gasteiger partial charge in [-0.2, -0.15) is 0 Å². The normalized spacial score (nSPS) is 10.4. The lowest BCUT2D eigenvalue weighted by molar-refractivity contribution is 0.551. The third kappa shape index (κ3) is 0.906. The van der Waals surface area contributed by atoms with Crippen LogP contribution in [0.15, 0.2) is 39.7 Å². The smallest absolute Gasteiger partial charge is 0.192 e. The minimum Gasteiger partial charge on any atom is -0.461 e. The maximum absolute atomic E-state index is 12.9. The average Bonchev–Trinajstić information content (AvgIpc) is 2.07. The number of para-hydroxylation sites is 1. The van der Waals surface area contributed by atoms with Gasteiger partial charge in [0, 0.05) is 6.07 Å². The summed E-state index contributed by atoms with van der Waals surface area (Å²) in [6, 6.07) is 5.53. The molecule has 1 aromatic carbocycles. The summed E-state index contributed by atoms with van der Waals surface area (Å²) in [6.07, 6.45) is 1.19. The second kappa shape index (κ2) is 2.44. The summed E-state index contributed by atoms with van der Waals surface area (Å²) < 4.78 is 17.8. The van der Waals surface area contributed by atoms with E-state index in [0.717, 1.165) is 0 Å². The van der Waals surface area contributed by atoms with Crippen molar-refractivity contribution in [3.8, 4) is 0 Å². The van der Waals surface area contributed by atoms with Crippen molar-refractivity contribution >= 4 is 11.0 Å². The third-order valence-electron chi connectivity index (χ3n) is 1.64. The van der Waals surface area contributed by atoms with Gasteiger partial charge in [0.25, 0.3) is 0 Å². The van der Waals surface area contributed by atoms with Gasteiger partial charge in [-0.05, 0) is 12.1 Å². The predicted molar refractivity (Wildman–Crippen MR) is 42.4 cm³/mol. The Labute approximate surface area is 67.2 Å². The van der Waals surface area contributed by atoms with Gasteiger partial charge in [-0.3, -0.25) is 4.79 Å². The summed E-state index contributed by atoms with van der Waals surface area (Å²) in [5.74, 6) is -0.509. The van der Waals surface area contributed by atoms with E-state index in [1.54, 1.807) is 0 Å².